The molecular formula is C11H20N2O. The minimum absolute atomic E-state index is 0.0955. The van der Waals surface area contributed by atoms with Crippen molar-refractivity contribution >= 4 is 5.91 Å². The highest BCUT2D eigenvalue weighted by atomic mass is 16.2. The zero-order chi connectivity index (χ0) is 9.97. The van der Waals surface area contributed by atoms with E-state index in [0.717, 1.165) is 13.0 Å². The van der Waals surface area contributed by atoms with Gasteiger partial charge in [-0.15, -0.1) is 0 Å². The molecular weight excluding hydrogens is 176 g/mol. The van der Waals surface area contributed by atoms with Gasteiger partial charge in [-0.2, -0.15) is 0 Å². The summed E-state index contributed by atoms with van der Waals surface area (Å²) in [6.45, 7) is 0.823. The molecule has 3 nitrogen and oxygen atoms in total. The van der Waals surface area contributed by atoms with Crippen LogP contribution in [0.4, 0.5) is 0 Å². The Bertz CT molecular complexity index is 211. The first-order valence-electron chi connectivity index (χ1n) is 5.82. The molecule has 1 aliphatic heterocycles. The normalized spacial score (nSPS) is 31.5. The summed E-state index contributed by atoms with van der Waals surface area (Å²) in [5, 5.41) is 2.87. The second-order valence-electron chi connectivity index (χ2n) is 4.66. The molecule has 0 aromatic rings. The second kappa shape index (κ2) is 4.30. The Labute approximate surface area is 85.4 Å². The summed E-state index contributed by atoms with van der Waals surface area (Å²) in [5.74, 6) is 0.874. The van der Waals surface area contributed by atoms with Crippen LogP contribution >= 0.6 is 0 Å². The molecule has 1 saturated carbocycles. The van der Waals surface area contributed by atoms with Crippen LogP contribution < -0.4 is 11.1 Å². The number of nitrogens with one attached hydrogen (secondary N) is 1. The van der Waals surface area contributed by atoms with Crippen molar-refractivity contribution in [3.05, 3.63) is 0 Å². The van der Waals surface area contributed by atoms with Crippen molar-refractivity contribution in [2.45, 2.75) is 44.6 Å². The van der Waals surface area contributed by atoms with Gasteiger partial charge in [0.25, 0.3) is 0 Å². The van der Waals surface area contributed by atoms with Crippen molar-refractivity contribution in [2.75, 3.05) is 6.54 Å². The molecule has 0 bridgehead atoms. The van der Waals surface area contributed by atoms with Crippen molar-refractivity contribution in [1.82, 2.24) is 5.32 Å². The molecule has 1 heterocycles. The van der Waals surface area contributed by atoms with Gasteiger partial charge >= 0.3 is 0 Å². The van der Waals surface area contributed by atoms with Gasteiger partial charge in [-0.3, -0.25) is 4.79 Å². The number of rotatable bonds is 2. The monoisotopic (exact) mass is 196 g/mol. The van der Waals surface area contributed by atoms with Gasteiger partial charge in [-0.05, 0) is 25.2 Å². The molecule has 2 aliphatic rings. The Kier molecular flexibility index (Phi) is 3.06. The summed E-state index contributed by atoms with van der Waals surface area (Å²) < 4.78 is 0. The fourth-order valence-electron chi connectivity index (χ4n) is 2.83. The van der Waals surface area contributed by atoms with E-state index in [4.69, 9.17) is 5.73 Å². The van der Waals surface area contributed by atoms with Crippen LogP contribution in [0.3, 0.4) is 0 Å². The van der Waals surface area contributed by atoms with E-state index in [-0.39, 0.29) is 17.9 Å². The van der Waals surface area contributed by atoms with Gasteiger partial charge in [0, 0.05) is 12.6 Å². The second-order valence-corrected chi connectivity index (χ2v) is 4.66. The molecule has 0 aromatic heterocycles. The SMILES string of the molecule is NC(C1CCCCC1)C1CCNC1=O. The highest BCUT2D eigenvalue weighted by molar-refractivity contribution is 5.81. The van der Waals surface area contributed by atoms with E-state index in [0.29, 0.717) is 5.92 Å². The lowest BCUT2D eigenvalue weighted by Crippen LogP contribution is -2.41. The standard InChI is InChI=1S/C11H20N2O/c12-10(8-4-2-1-3-5-8)9-6-7-13-11(9)14/h8-10H,1-7,12H2,(H,13,14). The van der Waals surface area contributed by atoms with Crippen LogP contribution in [0, 0.1) is 11.8 Å². The first-order valence-corrected chi connectivity index (χ1v) is 5.82. The average molecular weight is 196 g/mol. The van der Waals surface area contributed by atoms with E-state index in [9.17, 15) is 4.79 Å². The molecule has 14 heavy (non-hydrogen) atoms. The van der Waals surface area contributed by atoms with E-state index < -0.39 is 0 Å². The predicted molar refractivity (Wildman–Crippen MR) is 55.7 cm³/mol. The number of hydrogen-bond donors (Lipinski definition) is 2. The Morgan fingerprint density at radius 3 is 2.50 bits per heavy atom. The molecule has 1 saturated heterocycles. The van der Waals surface area contributed by atoms with E-state index in [1.165, 1.54) is 32.1 Å². The lowest BCUT2D eigenvalue weighted by atomic mass is 9.78. The van der Waals surface area contributed by atoms with Gasteiger partial charge in [-0.1, -0.05) is 19.3 Å². The van der Waals surface area contributed by atoms with E-state index in [2.05, 4.69) is 5.32 Å². The Balaban J connectivity index is 1.92. The molecule has 1 aliphatic carbocycles. The minimum Gasteiger partial charge on any atom is -0.356 e. The van der Waals surface area contributed by atoms with Crippen molar-refractivity contribution < 1.29 is 4.79 Å². The van der Waals surface area contributed by atoms with Gasteiger partial charge in [0.2, 0.25) is 5.91 Å². The zero-order valence-electron chi connectivity index (χ0n) is 8.67. The Hall–Kier alpha value is -0.570. The molecule has 3 heteroatoms. The quantitative estimate of drug-likeness (QED) is 0.693. The zero-order valence-corrected chi connectivity index (χ0v) is 8.67. The Morgan fingerprint density at radius 2 is 1.93 bits per heavy atom. The summed E-state index contributed by atoms with van der Waals surface area (Å²) in [5.41, 5.74) is 6.18. The van der Waals surface area contributed by atoms with Crippen LogP contribution in [0.5, 0.6) is 0 Å². The maximum atomic E-state index is 11.5. The maximum Gasteiger partial charge on any atom is 0.224 e. The molecule has 0 aromatic carbocycles. The molecule has 2 fully saturated rings. The van der Waals surface area contributed by atoms with Crippen LogP contribution in [0.25, 0.3) is 0 Å². The number of hydrogen-bond acceptors (Lipinski definition) is 2. The molecule has 2 atom stereocenters. The average Bonchev–Trinajstić information content (AvgIpc) is 2.65. The number of amides is 1. The molecule has 2 unspecified atom stereocenters. The summed E-state index contributed by atoms with van der Waals surface area (Å²) in [6, 6.07) is 0.109. The molecule has 1 amide bonds. The van der Waals surface area contributed by atoms with Crippen LogP contribution in [0.2, 0.25) is 0 Å². The van der Waals surface area contributed by atoms with Gasteiger partial charge in [-0.25, -0.2) is 0 Å². The third-order valence-corrected chi connectivity index (χ3v) is 3.75. The van der Waals surface area contributed by atoms with Crippen molar-refractivity contribution in [2.24, 2.45) is 17.6 Å². The fraction of sp³-hybridized carbons (Fsp3) is 0.909. The van der Waals surface area contributed by atoms with Gasteiger partial charge in [0.05, 0.1) is 5.92 Å². The number of nitrogens with two attached hydrogens (primary N) is 1. The summed E-state index contributed by atoms with van der Waals surface area (Å²) in [7, 11) is 0. The molecule has 3 N–H and O–H groups in total. The first kappa shape index (κ1) is 9.97. The molecule has 2 rings (SSSR count). The predicted octanol–water partition coefficient (Wildman–Crippen LogP) is 1.03. The molecule has 80 valence electrons. The van der Waals surface area contributed by atoms with Crippen LogP contribution in [0.15, 0.2) is 0 Å². The number of carbonyl (C=O) groups is 1. The van der Waals surface area contributed by atoms with Crippen LogP contribution in [-0.2, 0) is 4.79 Å². The van der Waals surface area contributed by atoms with Gasteiger partial charge in [0.15, 0.2) is 0 Å². The molecule has 0 spiro atoms. The fourth-order valence-corrected chi connectivity index (χ4v) is 2.83. The van der Waals surface area contributed by atoms with Crippen molar-refractivity contribution in [3.63, 3.8) is 0 Å². The summed E-state index contributed by atoms with van der Waals surface area (Å²) in [6.07, 6.45) is 7.34. The molecule has 0 radical (unpaired) electrons. The summed E-state index contributed by atoms with van der Waals surface area (Å²) >= 11 is 0. The highest BCUT2D eigenvalue weighted by Gasteiger charge is 2.34. The third kappa shape index (κ3) is 1.92. The Morgan fingerprint density at radius 1 is 1.21 bits per heavy atom. The smallest absolute Gasteiger partial charge is 0.224 e. The third-order valence-electron chi connectivity index (χ3n) is 3.75. The highest BCUT2D eigenvalue weighted by Crippen LogP contribution is 2.30. The number of carbonyl (C=O) groups excluding carboxylic acids is 1. The minimum atomic E-state index is 0.0955. The van der Waals surface area contributed by atoms with Crippen molar-refractivity contribution in [1.29, 1.82) is 0 Å². The lowest BCUT2D eigenvalue weighted by molar-refractivity contribution is -0.123. The van der Waals surface area contributed by atoms with Crippen LogP contribution in [-0.4, -0.2) is 18.5 Å². The van der Waals surface area contributed by atoms with Gasteiger partial charge < -0.3 is 11.1 Å². The van der Waals surface area contributed by atoms with E-state index in [1.807, 2.05) is 0 Å². The first-order chi connectivity index (χ1) is 6.79. The topological polar surface area (TPSA) is 55.1 Å². The maximum absolute atomic E-state index is 11.5. The van der Waals surface area contributed by atoms with Crippen molar-refractivity contribution in [3.8, 4) is 0 Å². The lowest BCUT2D eigenvalue weighted by Gasteiger charge is -2.30. The van der Waals surface area contributed by atoms with Gasteiger partial charge in [0.1, 0.15) is 0 Å². The summed E-state index contributed by atoms with van der Waals surface area (Å²) in [4.78, 5) is 11.5. The van der Waals surface area contributed by atoms with E-state index >= 15 is 0 Å². The van der Waals surface area contributed by atoms with E-state index in [1.54, 1.807) is 0 Å². The largest absolute Gasteiger partial charge is 0.356 e. The van der Waals surface area contributed by atoms with Crippen LogP contribution in [0.1, 0.15) is 38.5 Å².